The number of nitrogens with one attached hydrogen (secondary N) is 1. The maximum Gasteiger partial charge on any atom is 0.257 e. The molecule has 0 unspecified atom stereocenters. The summed E-state index contributed by atoms with van der Waals surface area (Å²) in [5.74, 6) is 1.16. The van der Waals surface area contributed by atoms with Gasteiger partial charge in [0.25, 0.3) is 5.91 Å². The van der Waals surface area contributed by atoms with Gasteiger partial charge >= 0.3 is 0 Å². The summed E-state index contributed by atoms with van der Waals surface area (Å²) in [7, 11) is 0. The SMILES string of the molecule is CCOc1cc(C(=O)Nc2nnc(CCN3CCN(c4ccccc4C)CC3)s2)cc(OCC)c1OCC. The van der Waals surface area contributed by atoms with Crippen molar-refractivity contribution in [3.8, 4) is 17.2 Å². The second-order valence-corrected chi connectivity index (χ2v) is 9.98. The first-order chi connectivity index (χ1) is 18.5. The number of ether oxygens (including phenoxy) is 3. The average molecular weight is 540 g/mol. The third-order valence-corrected chi connectivity index (χ3v) is 7.23. The van der Waals surface area contributed by atoms with Gasteiger partial charge in [0.05, 0.1) is 19.8 Å². The minimum atomic E-state index is -0.301. The zero-order valence-electron chi connectivity index (χ0n) is 22.7. The molecule has 38 heavy (non-hydrogen) atoms. The van der Waals surface area contributed by atoms with Gasteiger partial charge in [-0.1, -0.05) is 29.5 Å². The van der Waals surface area contributed by atoms with Gasteiger partial charge in [-0.05, 0) is 51.5 Å². The number of hydrogen-bond acceptors (Lipinski definition) is 9. The first-order valence-corrected chi connectivity index (χ1v) is 14.1. The van der Waals surface area contributed by atoms with Gasteiger partial charge in [0.15, 0.2) is 11.5 Å². The highest BCUT2D eigenvalue weighted by molar-refractivity contribution is 7.15. The number of hydrogen-bond donors (Lipinski definition) is 1. The lowest BCUT2D eigenvalue weighted by Crippen LogP contribution is -2.47. The maximum atomic E-state index is 13.0. The molecule has 1 aliphatic rings. The van der Waals surface area contributed by atoms with Gasteiger partial charge < -0.3 is 19.1 Å². The first kappa shape index (κ1) is 27.7. The van der Waals surface area contributed by atoms with Crippen molar-refractivity contribution < 1.29 is 19.0 Å². The summed E-state index contributed by atoms with van der Waals surface area (Å²) in [4.78, 5) is 18.0. The summed E-state index contributed by atoms with van der Waals surface area (Å²) in [5.41, 5.74) is 3.05. The standard InChI is InChI=1S/C28H37N5O4S/c1-5-35-23-18-21(19-24(36-6-2)26(23)37-7-3)27(34)29-28-31-30-25(38-28)12-13-32-14-16-33(17-15-32)22-11-9-8-10-20(22)4/h8-11,18-19H,5-7,12-17H2,1-4H3,(H,29,31,34). The molecule has 0 bridgehead atoms. The fourth-order valence-electron chi connectivity index (χ4n) is 4.48. The number of aryl methyl sites for hydroxylation is 1. The topological polar surface area (TPSA) is 89.0 Å². The van der Waals surface area contributed by atoms with Crippen LogP contribution >= 0.6 is 11.3 Å². The highest BCUT2D eigenvalue weighted by Crippen LogP contribution is 2.39. The molecule has 10 heteroatoms. The largest absolute Gasteiger partial charge is 0.490 e. The lowest BCUT2D eigenvalue weighted by atomic mass is 10.1. The quantitative estimate of drug-likeness (QED) is 0.356. The summed E-state index contributed by atoms with van der Waals surface area (Å²) in [6, 6.07) is 11.9. The zero-order valence-corrected chi connectivity index (χ0v) is 23.5. The van der Waals surface area contributed by atoms with E-state index in [4.69, 9.17) is 14.2 Å². The van der Waals surface area contributed by atoms with E-state index in [-0.39, 0.29) is 5.91 Å². The number of benzene rings is 2. The molecular formula is C28H37N5O4S. The van der Waals surface area contributed by atoms with Crippen LogP contribution in [0.2, 0.25) is 0 Å². The Kier molecular flexibility index (Phi) is 9.78. The van der Waals surface area contributed by atoms with E-state index in [1.54, 1.807) is 12.1 Å². The summed E-state index contributed by atoms with van der Waals surface area (Å²) in [5, 5.41) is 12.7. The van der Waals surface area contributed by atoms with Crippen LogP contribution in [0.15, 0.2) is 36.4 Å². The molecule has 9 nitrogen and oxygen atoms in total. The van der Waals surface area contributed by atoms with Crippen LogP contribution in [0, 0.1) is 6.92 Å². The van der Waals surface area contributed by atoms with Crippen LogP contribution < -0.4 is 24.4 Å². The van der Waals surface area contributed by atoms with Crippen molar-refractivity contribution in [2.24, 2.45) is 0 Å². The molecule has 1 aromatic heterocycles. The van der Waals surface area contributed by atoms with Gasteiger partial charge in [-0.2, -0.15) is 0 Å². The van der Waals surface area contributed by atoms with E-state index in [2.05, 4.69) is 56.5 Å². The van der Waals surface area contributed by atoms with Gasteiger partial charge in [0.1, 0.15) is 5.01 Å². The Morgan fingerprint density at radius 2 is 1.61 bits per heavy atom. The van der Waals surface area contributed by atoms with Crippen molar-refractivity contribution in [1.82, 2.24) is 15.1 Å². The maximum absolute atomic E-state index is 13.0. The molecule has 0 aliphatic carbocycles. The Bertz CT molecular complexity index is 1180. The number of para-hydroxylation sites is 1. The number of aromatic nitrogens is 2. The van der Waals surface area contributed by atoms with Crippen LogP contribution in [0.1, 0.15) is 41.7 Å². The molecule has 1 aliphatic heterocycles. The molecule has 1 fully saturated rings. The van der Waals surface area contributed by atoms with E-state index in [0.29, 0.717) is 47.8 Å². The number of amides is 1. The zero-order chi connectivity index (χ0) is 26.9. The van der Waals surface area contributed by atoms with E-state index in [0.717, 1.165) is 44.2 Å². The van der Waals surface area contributed by atoms with E-state index in [1.165, 1.54) is 22.6 Å². The predicted molar refractivity (Wildman–Crippen MR) is 151 cm³/mol. The third kappa shape index (κ3) is 6.93. The normalized spacial score (nSPS) is 13.8. The highest BCUT2D eigenvalue weighted by Gasteiger charge is 2.21. The Morgan fingerprint density at radius 3 is 2.24 bits per heavy atom. The van der Waals surface area contributed by atoms with E-state index >= 15 is 0 Å². The minimum absolute atomic E-state index is 0.301. The average Bonchev–Trinajstić information content (AvgIpc) is 3.37. The summed E-state index contributed by atoms with van der Waals surface area (Å²) < 4.78 is 17.2. The second-order valence-electron chi connectivity index (χ2n) is 8.92. The van der Waals surface area contributed by atoms with Crippen molar-refractivity contribution in [3.05, 3.63) is 52.5 Å². The summed E-state index contributed by atoms with van der Waals surface area (Å²) in [6.07, 6.45) is 0.796. The van der Waals surface area contributed by atoms with Crippen molar-refractivity contribution in [3.63, 3.8) is 0 Å². The van der Waals surface area contributed by atoms with Crippen molar-refractivity contribution in [2.45, 2.75) is 34.1 Å². The predicted octanol–water partition coefficient (Wildman–Crippen LogP) is 4.66. The lowest BCUT2D eigenvalue weighted by molar-refractivity contribution is 0.102. The van der Waals surface area contributed by atoms with Crippen molar-refractivity contribution in [2.75, 3.05) is 62.8 Å². The Labute approximate surface area is 228 Å². The van der Waals surface area contributed by atoms with Crippen LogP contribution in [-0.4, -0.2) is 73.5 Å². The number of piperazine rings is 1. The molecule has 0 radical (unpaired) electrons. The molecule has 1 amide bonds. The smallest absolute Gasteiger partial charge is 0.257 e. The number of rotatable bonds is 12. The Balaban J connectivity index is 1.33. The fraction of sp³-hybridized carbons (Fsp3) is 0.464. The van der Waals surface area contributed by atoms with Gasteiger partial charge in [-0.25, -0.2) is 0 Å². The van der Waals surface area contributed by atoms with Crippen molar-refractivity contribution >= 4 is 28.1 Å². The summed E-state index contributed by atoms with van der Waals surface area (Å²) >= 11 is 1.41. The third-order valence-electron chi connectivity index (χ3n) is 6.33. The fourth-order valence-corrected chi connectivity index (χ4v) is 5.20. The van der Waals surface area contributed by atoms with E-state index in [1.807, 2.05) is 20.8 Å². The molecule has 0 atom stereocenters. The van der Waals surface area contributed by atoms with Gasteiger partial charge in [0, 0.05) is 50.4 Å². The van der Waals surface area contributed by atoms with Gasteiger partial charge in [-0.3, -0.25) is 15.0 Å². The molecule has 0 spiro atoms. The molecule has 0 saturated carbocycles. The lowest BCUT2D eigenvalue weighted by Gasteiger charge is -2.36. The Morgan fingerprint density at radius 1 is 0.947 bits per heavy atom. The first-order valence-electron chi connectivity index (χ1n) is 13.2. The van der Waals surface area contributed by atoms with Crippen LogP contribution in [0.25, 0.3) is 0 Å². The number of anilines is 2. The number of nitrogens with zero attached hydrogens (tertiary/aromatic N) is 4. The van der Waals surface area contributed by atoms with Crippen LogP contribution in [-0.2, 0) is 6.42 Å². The molecule has 2 aromatic carbocycles. The molecule has 1 saturated heterocycles. The molecule has 4 rings (SSSR count). The van der Waals surface area contributed by atoms with Crippen molar-refractivity contribution in [1.29, 1.82) is 0 Å². The van der Waals surface area contributed by atoms with Gasteiger partial charge in [-0.15, -0.1) is 10.2 Å². The molecule has 3 aromatic rings. The van der Waals surface area contributed by atoms with Crippen LogP contribution in [0.3, 0.4) is 0 Å². The van der Waals surface area contributed by atoms with E-state index in [9.17, 15) is 4.79 Å². The minimum Gasteiger partial charge on any atom is -0.490 e. The molecule has 204 valence electrons. The van der Waals surface area contributed by atoms with Crippen LogP contribution in [0.4, 0.5) is 10.8 Å². The van der Waals surface area contributed by atoms with Gasteiger partial charge in [0.2, 0.25) is 10.9 Å². The second kappa shape index (κ2) is 13.4. The highest BCUT2D eigenvalue weighted by atomic mass is 32.1. The summed E-state index contributed by atoms with van der Waals surface area (Å²) in [6.45, 7) is 14.1. The molecular weight excluding hydrogens is 502 g/mol. The Hall–Kier alpha value is -3.37. The molecule has 2 heterocycles. The number of carbonyl (C=O) groups is 1. The number of carbonyl (C=O) groups excluding carboxylic acids is 1. The van der Waals surface area contributed by atoms with E-state index < -0.39 is 0 Å². The molecule has 1 N–H and O–H groups in total. The monoisotopic (exact) mass is 539 g/mol. The van der Waals surface area contributed by atoms with Crippen LogP contribution in [0.5, 0.6) is 17.2 Å².